The topological polar surface area (TPSA) is 102 Å². The van der Waals surface area contributed by atoms with Gasteiger partial charge in [0.2, 0.25) is 0 Å². The maximum absolute atomic E-state index is 12.8. The first-order valence-corrected chi connectivity index (χ1v) is 10.2. The van der Waals surface area contributed by atoms with Gasteiger partial charge in [-0.1, -0.05) is 6.42 Å². The lowest BCUT2D eigenvalue weighted by atomic mass is 10.0. The fourth-order valence-electron chi connectivity index (χ4n) is 3.23. The smallest absolute Gasteiger partial charge is 0.414 e. The van der Waals surface area contributed by atoms with Crippen LogP contribution in [0.3, 0.4) is 0 Å². The number of anilines is 1. The number of amides is 3. The zero-order valence-corrected chi connectivity index (χ0v) is 17.1. The highest BCUT2D eigenvalue weighted by Crippen LogP contribution is 2.37. The van der Waals surface area contributed by atoms with Crippen LogP contribution < -0.4 is 10.6 Å². The fraction of sp³-hybridized carbons (Fsp3) is 0.474. The molecule has 2 aromatic rings. The molecule has 0 aromatic carbocycles. The van der Waals surface area contributed by atoms with E-state index in [-0.39, 0.29) is 18.2 Å². The van der Waals surface area contributed by atoms with Gasteiger partial charge in [0.25, 0.3) is 11.8 Å². The molecule has 3 rings (SSSR count). The predicted molar refractivity (Wildman–Crippen MR) is 106 cm³/mol. The van der Waals surface area contributed by atoms with Crippen LogP contribution in [0.1, 0.15) is 63.2 Å². The van der Waals surface area contributed by atoms with Gasteiger partial charge >= 0.3 is 6.09 Å². The third kappa shape index (κ3) is 4.24. The zero-order chi connectivity index (χ0) is 20.3. The van der Waals surface area contributed by atoms with Crippen molar-refractivity contribution in [2.24, 2.45) is 7.05 Å². The summed E-state index contributed by atoms with van der Waals surface area (Å²) in [5, 5.41) is 9.71. The molecule has 0 aliphatic heterocycles. The van der Waals surface area contributed by atoms with E-state index in [1.165, 1.54) is 11.3 Å². The second-order valence-corrected chi connectivity index (χ2v) is 7.80. The molecular formula is C19H24N4O4S. The van der Waals surface area contributed by atoms with Gasteiger partial charge in [-0.05, 0) is 51.2 Å². The van der Waals surface area contributed by atoms with Crippen molar-refractivity contribution in [2.75, 3.05) is 11.9 Å². The van der Waals surface area contributed by atoms with Gasteiger partial charge < -0.3 is 10.1 Å². The van der Waals surface area contributed by atoms with Gasteiger partial charge in [-0.25, -0.2) is 4.79 Å². The molecule has 0 saturated heterocycles. The van der Waals surface area contributed by atoms with E-state index in [9.17, 15) is 14.4 Å². The number of carbonyl (C=O) groups excluding carboxylic acids is 3. The molecule has 2 heterocycles. The van der Waals surface area contributed by atoms with Crippen molar-refractivity contribution in [3.63, 3.8) is 0 Å². The lowest BCUT2D eigenvalue weighted by Gasteiger charge is -2.09. The lowest BCUT2D eigenvalue weighted by molar-refractivity contribution is 0.0925. The van der Waals surface area contributed by atoms with Crippen molar-refractivity contribution in [1.82, 2.24) is 15.1 Å². The highest BCUT2D eigenvalue weighted by atomic mass is 32.1. The minimum absolute atomic E-state index is 0.170. The first-order chi connectivity index (χ1) is 13.4. The Hall–Kier alpha value is -2.68. The summed E-state index contributed by atoms with van der Waals surface area (Å²) in [5.41, 5.74) is 2.40. The third-order valence-electron chi connectivity index (χ3n) is 4.71. The highest BCUT2D eigenvalue weighted by Gasteiger charge is 2.27. The molecule has 8 nitrogen and oxygen atoms in total. The highest BCUT2D eigenvalue weighted by molar-refractivity contribution is 7.17. The van der Waals surface area contributed by atoms with Crippen LogP contribution in [0.5, 0.6) is 0 Å². The van der Waals surface area contributed by atoms with Crippen molar-refractivity contribution >= 4 is 34.2 Å². The number of fused-ring (bicyclic) bond motifs is 1. The Morgan fingerprint density at radius 2 is 1.96 bits per heavy atom. The van der Waals surface area contributed by atoms with Gasteiger partial charge in [0.05, 0.1) is 12.2 Å². The minimum Gasteiger partial charge on any atom is -0.450 e. The second-order valence-electron chi connectivity index (χ2n) is 6.69. The Labute approximate surface area is 167 Å². The van der Waals surface area contributed by atoms with Gasteiger partial charge in [0.15, 0.2) is 5.69 Å². The fourth-order valence-corrected chi connectivity index (χ4v) is 4.51. The quantitative estimate of drug-likeness (QED) is 0.762. The molecule has 9 heteroatoms. The van der Waals surface area contributed by atoms with Crippen LogP contribution in [0.2, 0.25) is 0 Å². The van der Waals surface area contributed by atoms with Crippen molar-refractivity contribution in [2.45, 2.75) is 46.0 Å². The number of hydrogen-bond donors (Lipinski definition) is 2. The van der Waals surface area contributed by atoms with Crippen LogP contribution in [0.15, 0.2) is 6.07 Å². The summed E-state index contributed by atoms with van der Waals surface area (Å²) < 4.78 is 6.44. The number of rotatable bonds is 4. The molecule has 28 heavy (non-hydrogen) atoms. The van der Waals surface area contributed by atoms with Crippen LogP contribution >= 0.6 is 11.3 Å². The summed E-state index contributed by atoms with van der Waals surface area (Å²) in [5.74, 6) is -0.935. The molecule has 0 radical (unpaired) electrons. The van der Waals surface area contributed by atoms with Crippen molar-refractivity contribution < 1.29 is 19.1 Å². The van der Waals surface area contributed by atoms with Gasteiger partial charge in [-0.3, -0.25) is 19.6 Å². The molecule has 1 aliphatic carbocycles. The van der Waals surface area contributed by atoms with E-state index < -0.39 is 12.0 Å². The molecule has 0 unspecified atom stereocenters. The molecule has 3 amide bonds. The first kappa shape index (κ1) is 20.1. The van der Waals surface area contributed by atoms with E-state index >= 15 is 0 Å². The Kier molecular flexibility index (Phi) is 6.13. The van der Waals surface area contributed by atoms with Crippen molar-refractivity contribution in [3.8, 4) is 0 Å². The Bertz CT molecular complexity index is 896. The molecule has 0 atom stereocenters. The standard InChI is InChI=1S/C19H24N4O4S/c1-4-27-19(26)21-17(25)15-12-8-6-5-7-9-14(12)28-18(15)20-16(24)13-10-11(2)23(3)22-13/h10H,4-9H2,1-3H3,(H,20,24)(H,21,25,26). The molecule has 2 aromatic heterocycles. The molecular weight excluding hydrogens is 380 g/mol. The van der Waals surface area contributed by atoms with Crippen LogP contribution in [0.25, 0.3) is 0 Å². The predicted octanol–water partition coefficient (Wildman–Crippen LogP) is 3.20. The maximum atomic E-state index is 12.8. The molecule has 0 saturated carbocycles. The SMILES string of the molecule is CCOC(=O)NC(=O)c1c(NC(=O)c2cc(C)n(C)n2)sc2c1CCCCC2. The third-order valence-corrected chi connectivity index (χ3v) is 5.92. The number of aryl methyl sites for hydroxylation is 3. The van der Waals surface area contributed by atoms with Gasteiger partial charge in [0, 0.05) is 17.6 Å². The lowest BCUT2D eigenvalue weighted by Crippen LogP contribution is -2.32. The summed E-state index contributed by atoms with van der Waals surface area (Å²) >= 11 is 1.40. The number of alkyl carbamates (subject to hydrolysis) is 1. The van der Waals surface area contributed by atoms with E-state index in [2.05, 4.69) is 15.7 Å². The number of thiophene rings is 1. The van der Waals surface area contributed by atoms with Crippen molar-refractivity contribution in [1.29, 1.82) is 0 Å². The van der Waals surface area contributed by atoms with Gasteiger partial charge in [0.1, 0.15) is 5.00 Å². The largest absolute Gasteiger partial charge is 0.450 e. The van der Waals surface area contributed by atoms with E-state index in [4.69, 9.17) is 4.74 Å². The zero-order valence-electron chi connectivity index (χ0n) is 16.3. The monoisotopic (exact) mass is 404 g/mol. The molecule has 0 fully saturated rings. The number of aromatic nitrogens is 2. The normalized spacial score (nSPS) is 13.4. The summed E-state index contributed by atoms with van der Waals surface area (Å²) in [4.78, 5) is 38.3. The van der Waals surface area contributed by atoms with E-state index in [0.29, 0.717) is 10.6 Å². The van der Waals surface area contributed by atoms with Crippen LogP contribution in [0.4, 0.5) is 9.80 Å². The van der Waals surface area contributed by atoms with E-state index in [0.717, 1.165) is 48.2 Å². The van der Waals surface area contributed by atoms with Crippen LogP contribution in [-0.2, 0) is 24.6 Å². The van der Waals surface area contributed by atoms with Crippen molar-refractivity contribution in [3.05, 3.63) is 33.5 Å². The number of nitrogens with zero attached hydrogens (tertiary/aromatic N) is 2. The number of ether oxygens (including phenoxy) is 1. The molecule has 2 N–H and O–H groups in total. The Balaban J connectivity index is 1.92. The number of imide groups is 1. The summed E-state index contributed by atoms with van der Waals surface area (Å²) in [6.45, 7) is 3.69. The summed E-state index contributed by atoms with van der Waals surface area (Å²) in [6.07, 6.45) is 3.91. The Morgan fingerprint density at radius 3 is 2.64 bits per heavy atom. The molecule has 1 aliphatic rings. The van der Waals surface area contributed by atoms with Crippen LogP contribution in [-0.4, -0.2) is 34.3 Å². The Morgan fingerprint density at radius 1 is 1.21 bits per heavy atom. The molecule has 150 valence electrons. The number of hydrogen-bond acceptors (Lipinski definition) is 6. The maximum Gasteiger partial charge on any atom is 0.414 e. The average Bonchev–Trinajstić information content (AvgIpc) is 3.05. The first-order valence-electron chi connectivity index (χ1n) is 9.35. The van der Waals surface area contributed by atoms with E-state index in [1.54, 1.807) is 24.7 Å². The summed E-state index contributed by atoms with van der Waals surface area (Å²) in [7, 11) is 1.76. The number of carbonyl (C=O) groups is 3. The number of nitrogens with one attached hydrogen (secondary N) is 2. The van der Waals surface area contributed by atoms with E-state index in [1.807, 2.05) is 6.92 Å². The summed E-state index contributed by atoms with van der Waals surface area (Å²) in [6, 6.07) is 1.69. The average molecular weight is 404 g/mol. The second kappa shape index (κ2) is 8.55. The molecule has 0 bridgehead atoms. The van der Waals surface area contributed by atoms with Gasteiger partial charge in [-0.15, -0.1) is 11.3 Å². The molecule has 0 spiro atoms. The van der Waals surface area contributed by atoms with Crippen LogP contribution in [0, 0.1) is 6.92 Å². The van der Waals surface area contributed by atoms with Gasteiger partial charge in [-0.2, -0.15) is 5.10 Å². The minimum atomic E-state index is -0.793.